The van der Waals surface area contributed by atoms with Crippen molar-refractivity contribution in [2.45, 2.75) is 45.6 Å². The van der Waals surface area contributed by atoms with E-state index in [1.807, 2.05) is 13.0 Å². The third-order valence-corrected chi connectivity index (χ3v) is 4.80. The molecule has 0 bridgehead atoms. The summed E-state index contributed by atoms with van der Waals surface area (Å²) in [5.74, 6) is 0.0196. The Labute approximate surface area is 137 Å². The van der Waals surface area contributed by atoms with Crippen LogP contribution in [0.15, 0.2) is 18.2 Å². The van der Waals surface area contributed by atoms with Gasteiger partial charge < -0.3 is 15.4 Å². The Kier molecular flexibility index (Phi) is 5.64. The van der Waals surface area contributed by atoms with E-state index >= 15 is 0 Å². The monoisotopic (exact) mass is 318 g/mol. The molecular weight excluding hydrogens is 292 g/mol. The van der Waals surface area contributed by atoms with E-state index in [0.29, 0.717) is 11.3 Å². The summed E-state index contributed by atoms with van der Waals surface area (Å²) in [5, 5.41) is 0. The molecule has 0 radical (unpaired) electrons. The van der Waals surface area contributed by atoms with Gasteiger partial charge in [-0.3, -0.25) is 4.79 Å². The maximum atomic E-state index is 12.2. The minimum Gasteiger partial charge on any atom is -0.452 e. The molecule has 126 valence electrons. The number of esters is 1. The molecule has 1 saturated carbocycles. The molecule has 1 aromatic rings. The van der Waals surface area contributed by atoms with Crippen LogP contribution in [0.5, 0.6) is 0 Å². The Morgan fingerprint density at radius 3 is 2.57 bits per heavy atom. The van der Waals surface area contributed by atoms with Gasteiger partial charge in [0.2, 0.25) is 0 Å². The van der Waals surface area contributed by atoms with Crippen LogP contribution in [0.1, 0.15) is 48.5 Å². The largest absolute Gasteiger partial charge is 0.452 e. The van der Waals surface area contributed by atoms with Crippen molar-refractivity contribution in [2.24, 2.45) is 5.92 Å². The number of nitrogens with two attached hydrogens (primary N) is 1. The van der Waals surface area contributed by atoms with E-state index in [4.69, 9.17) is 10.5 Å². The summed E-state index contributed by atoms with van der Waals surface area (Å²) in [7, 11) is 1.79. The molecule has 1 aliphatic carbocycles. The van der Waals surface area contributed by atoms with E-state index in [1.165, 1.54) is 0 Å². The molecule has 2 rings (SSSR count). The van der Waals surface area contributed by atoms with Crippen molar-refractivity contribution in [1.82, 2.24) is 4.90 Å². The van der Waals surface area contributed by atoms with Crippen molar-refractivity contribution in [1.29, 1.82) is 0 Å². The molecule has 1 amide bonds. The highest BCUT2D eigenvalue weighted by Crippen LogP contribution is 2.26. The molecule has 0 saturated heterocycles. The van der Waals surface area contributed by atoms with Crippen LogP contribution in [0.3, 0.4) is 0 Å². The number of nitrogen functional groups attached to an aromatic ring is 1. The average Bonchev–Trinajstić information content (AvgIpc) is 2.55. The van der Waals surface area contributed by atoms with E-state index in [9.17, 15) is 9.59 Å². The zero-order chi connectivity index (χ0) is 17.0. The molecule has 23 heavy (non-hydrogen) atoms. The van der Waals surface area contributed by atoms with E-state index < -0.39 is 5.97 Å². The molecule has 0 aromatic heterocycles. The average molecular weight is 318 g/mol. The summed E-state index contributed by atoms with van der Waals surface area (Å²) in [6.45, 7) is 3.83. The Hall–Kier alpha value is -2.04. The van der Waals surface area contributed by atoms with Gasteiger partial charge in [0, 0.05) is 18.8 Å². The summed E-state index contributed by atoms with van der Waals surface area (Å²) < 4.78 is 5.15. The minimum absolute atomic E-state index is 0.163. The SMILES string of the molecule is Cc1cccc(C(=O)OCC(=O)N(C)C2CCC(C)CC2)c1N. The molecule has 0 atom stereocenters. The Bertz CT molecular complexity index is 578. The molecular formula is C18H26N2O3. The van der Waals surface area contributed by atoms with Crippen LogP contribution in [0.25, 0.3) is 0 Å². The highest BCUT2D eigenvalue weighted by Gasteiger charge is 2.25. The van der Waals surface area contributed by atoms with Crippen LogP contribution in [0.4, 0.5) is 5.69 Å². The van der Waals surface area contributed by atoms with Crippen LogP contribution in [-0.4, -0.2) is 36.5 Å². The molecule has 0 aliphatic heterocycles. The quantitative estimate of drug-likeness (QED) is 0.684. The van der Waals surface area contributed by atoms with Crippen LogP contribution in [0.2, 0.25) is 0 Å². The van der Waals surface area contributed by atoms with Crippen LogP contribution >= 0.6 is 0 Å². The lowest BCUT2D eigenvalue weighted by Gasteiger charge is -2.33. The number of rotatable bonds is 4. The number of hydrogen-bond donors (Lipinski definition) is 1. The van der Waals surface area contributed by atoms with E-state index in [-0.39, 0.29) is 18.6 Å². The smallest absolute Gasteiger partial charge is 0.340 e. The second-order valence-electron chi connectivity index (χ2n) is 6.53. The number of hydrogen-bond acceptors (Lipinski definition) is 4. The fourth-order valence-corrected chi connectivity index (χ4v) is 3.00. The lowest BCUT2D eigenvalue weighted by Crippen LogP contribution is -2.41. The van der Waals surface area contributed by atoms with E-state index in [0.717, 1.165) is 37.2 Å². The number of carbonyl (C=O) groups is 2. The van der Waals surface area contributed by atoms with Gasteiger partial charge >= 0.3 is 5.97 Å². The standard InChI is InChI=1S/C18H26N2O3/c1-12-7-9-14(10-8-12)20(3)16(21)11-23-18(22)15-6-4-5-13(2)17(15)19/h4-6,12,14H,7-11,19H2,1-3H3. The highest BCUT2D eigenvalue weighted by molar-refractivity contribution is 5.96. The van der Waals surface area contributed by atoms with Gasteiger partial charge in [0.15, 0.2) is 6.61 Å². The van der Waals surface area contributed by atoms with Crippen molar-refractivity contribution in [3.63, 3.8) is 0 Å². The lowest BCUT2D eigenvalue weighted by atomic mass is 9.87. The van der Waals surface area contributed by atoms with Crippen molar-refractivity contribution in [3.05, 3.63) is 29.3 Å². The molecule has 5 nitrogen and oxygen atoms in total. The van der Waals surface area contributed by atoms with Gasteiger partial charge in [-0.25, -0.2) is 4.79 Å². The normalized spacial score (nSPS) is 20.8. The third kappa shape index (κ3) is 4.24. The van der Waals surface area contributed by atoms with Gasteiger partial charge in [0.1, 0.15) is 0 Å². The predicted molar refractivity (Wildman–Crippen MR) is 90.1 cm³/mol. The second-order valence-corrected chi connectivity index (χ2v) is 6.53. The van der Waals surface area contributed by atoms with Gasteiger partial charge in [-0.05, 0) is 50.2 Å². The summed E-state index contributed by atoms with van der Waals surface area (Å²) in [6.07, 6.45) is 4.31. The van der Waals surface area contributed by atoms with Crippen LogP contribution < -0.4 is 5.73 Å². The number of aryl methyl sites for hydroxylation is 1. The number of likely N-dealkylation sites (N-methyl/N-ethyl adjacent to an activating group) is 1. The van der Waals surface area contributed by atoms with E-state index in [1.54, 1.807) is 24.1 Å². The first-order chi connectivity index (χ1) is 10.9. The summed E-state index contributed by atoms with van der Waals surface area (Å²) in [5.41, 5.74) is 7.42. The first-order valence-electron chi connectivity index (χ1n) is 8.18. The van der Waals surface area contributed by atoms with Gasteiger partial charge in [0.25, 0.3) is 5.91 Å². The molecule has 1 aromatic carbocycles. The molecule has 1 fully saturated rings. The van der Waals surface area contributed by atoms with Crippen LogP contribution in [-0.2, 0) is 9.53 Å². The molecule has 0 unspecified atom stereocenters. The van der Waals surface area contributed by atoms with Gasteiger partial charge in [0.05, 0.1) is 5.56 Å². The topological polar surface area (TPSA) is 72.6 Å². The number of amides is 1. The van der Waals surface area contributed by atoms with Crippen molar-refractivity contribution in [3.8, 4) is 0 Å². The summed E-state index contributed by atoms with van der Waals surface area (Å²) in [4.78, 5) is 26.0. The summed E-state index contributed by atoms with van der Waals surface area (Å²) in [6, 6.07) is 5.44. The number of anilines is 1. The molecule has 5 heteroatoms. The zero-order valence-electron chi connectivity index (χ0n) is 14.2. The van der Waals surface area contributed by atoms with Gasteiger partial charge in [-0.2, -0.15) is 0 Å². The molecule has 0 spiro atoms. The van der Waals surface area contributed by atoms with Gasteiger partial charge in [-0.15, -0.1) is 0 Å². The molecule has 1 aliphatic rings. The second kappa shape index (κ2) is 7.49. The maximum absolute atomic E-state index is 12.2. The first-order valence-corrected chi connectivity index (χ1v) is 8.18. The number of para-hydroxylation sites is 1. The maximum Gasteiger partial charge on any atom is 0.340 e. The van der Waals surface area contributed by atoms with Crippen molar-refractivity contribution in [2.75, 3.05) is 19.4 Å². The van der Waals surface area contributed by atoms with Crippen LogP contribution in [0, 0.1) is 12.8 Å². The number of carbonyl (C=O) groups excluding carboxylic acids is 2. The number of nitrogens with zero attached hydrogens (tertiary/aromatic N) is 1. The van der Waals surface area contributed by atoms with Gasteiger partial charge in [-0.1, -0.05) is 19.1 Å². The fraction of sp³-hybridized carbons (Fsp3) is 0.556. The third-order valence-electron chi connectivity index (χ3n) is 4.80. The van der Waals surface area contributed by atoms with Crippen molar-refractivity contribution < 1.29 is 14.3 Å². The summed E-state index contributed by atoms with van der Waals surface area (Å²) >= 11 is 0. The first kappa shape index (κ1) is 17.3. The zero-order valence-corrected chi connectivity index (χ0v) is 14.2. The van der Waals surface area contributed by atoms with E-state index in [2.05, 4.69) is 6.92 Å². The minimum atomic E-state index is -0.551. The predicted octanol–water partition coefficient (Wildman–Crippen LogP) is 2.77. The highest BCUT2D eigenvalue weighted by atomic mass is 16.5. The fourth-order valence-electron chi connectivity index (χ4n) is 3.00. The molecule has 0 heterocycles. The molecule has 2 N–H and O–H groups in total. The Morgan fingerprint density at radius 1 is 1.26 bits per heavy atom. The number of benzene rings is 1. The Balaban J connectivity index is 1.88. The van der Waals surface area contributed by atoms with Crippen molar-refractivity contribution >= 4 is 17.6 Å². The Morgan fingerprint density at radius 2 is 1.91 bits per heavy atom. The lowest BCUT2D eigenvalue weighted by molar-refractivity contribution is -0.136. The number of ether oxygens (including phenoxy) is 1.